The maximum absolute atomic E-state index is 11.8. The molecule has 1 amide bonds. The van der Waals surface area contributed by atoms with Crippen molar-refractivity contribution in [2.45, 2.75) is 32.5 Å². The van der Waals surface area contributed by atoms with Crippen molar-refractivity contribution in [3.63, 3.8) is 0 Å². The molecule has 1 aliphatic rings. The van der Waals surface area contributed by atoms with Gasteiger partial charge in [0, 0.05) is 39.2 Å². The SMILES string of the molecule is CNC(=O)CCc1cccc(NC=C2C(=O)OC(C)(C)OC2=O)c1. The fraction of sp³-hybridized carbons (Fsp3) is 0.353. The number of hydrogen-bond acceptors (Lipinski definition) is 6. The minimum absolute atomic E-state index is 0.0363. The van der Waals surface area contributed by atoms with Gasteiger partial charge in [0.25, 0.3) is 5.79 Å². The van der Waals surface area contributed by atoms with Gasteiger partial charge >= 0.3 is 11.9 Å². The molecule has 1 saturated heterocycles. The molecule has 1 aromatic carbocycles. The van der Waals surface area contributed by atoms with Gasteiger partial charge in [0.2, 0.25) is 5.91 Å². The topological polar surface area (TPSA) is 93.7 Å². The van der Waals surface area contributed by atoms with Crippen molar-refractivity contribution in [1.82, 2.24) is 5.32 Å². The standard InChI is InChI=1S/C17H20N2O5/c1-17(2)23-15(21)13(16(22)24-17)10-19-12-6-4-5-11(9-12)7-8-14(20)18-3/h4-6,9-10,19H,7-8H2,1-3H3,(H,18,20). The minimum atomic E-state index is -1.26. The summed E-state index contributed by atoms with van der Waals surface area (Å²) in [4.78, 5) is 35.0. The van der Waals surface area contributed by atoms with E-state index in [2.05, 4.69) is 10.6 Å². The quantitative estimate of drug-likeness (QED) is 0.482. The number of amides is 1. The van der Waals surface area contributed by atoms with Crippen molar-refractivity contribution in [3.8, 4) is 0 Å². The molecule has 0 aliphatic carbocycles. The summed E-state index contributed by atoms with van der Waals surface area (Å²) in [5, 5.41) is 5.45. The smallest absolute Gasteiger partial charge is 0.350 e. The van der Waals surface area contributed by atoms with E-state index >= 15 is 0 Å². The van der Waals surface area contributed by atoms with Crippen LogP contribution in [0.5, 0.6) is 0 Å². The van der Waals surface area contributed by atoms with E-state index in [9.17, 15) is 14.4 Å². The Kier molecular flexibility index (Phi) is 5.23. The van der Waals surface area contributed by atoms with E-state index in [1.165, 1.54) is 20.0 Å². The highest BCUT2D eigenvalue weighted by Crippen LogP contribution is 2.22. The molecular formula is C17H20N2O5. The van der Waals surface area contributed by atoms with E-state index in [-0.39, 0.29) is 11.5 Å². The van der Waals surface area contributed by atoms with Crippen molar-refractivity contribution in [2.75, 3.05) is 12.4 Å². The molecule has 0 saturated carbocycles. The van der Waals surface area contributed by atoms with Gasteiger partial charge in [-0.1, -0.05) is 12.1 Å². The monoisotopic (exact) mass is 332 g/mol. The molecule has 0 bridgehead atoms. The number of carbonyl (C=O) groups is 3. The minimum Gasteiger partial charge on any atom is -0.419 e. The molecule has 7 heteroatoms. The summed E-state index contributed by atoms with van der Waals surface area (Å²) in [6.07, 6.45) is 2.23. The van der Waals surface area contributed by atoms with Gasteiger partial charge in [-0.3, -0.25) is 4.79 Å². The van der Waals surface area contributed by atoms with E-state index in [0.29, 0.717) is 18.5 Å². The van der Waals surface area contributed by atoms with Crippen LogP contribution in [-0.2, 0) is 30.3 Å². The molecule has 128 valence electrons. The second-order valence-electron chi connectivity index (χ2n) is 5.75. The first kappa shape index (κ1) is 17.5. The molecule has 24 heavy (non-hydrogen) atoms. The number of rotatable bonds is 5. The highest BCUT2D eigenvalue weighted by molar-refractivity contribution is 6.15. The fourth-order valence-corrected chi connectivity index (χ4v) is 2.13. The number of carbonyl (C=O) groups excluding carboxylic acids is 3. The largest absolute Gasteiger partial charge is 0.419 e. The number of nitrogens with one attached hydrogen (secondary N) is 2. The van der Waals surface area contributed by atoms with Crippen molar-refractivity contribution in [2.24, 2.45) is 0 Å². The van der Waals surface area contributed by atoms with E-state index in [4.69, 9.17) is 9.47 Å². The Balaban J connectivity index is 2.05. The molecule has 0 radical (unpaired) electrons. The summed E-state index contributed by atoms with van der Waals surface area (Å²) in [5.41, 5.74) is 1.43. The van der Waals surface area contributed by atoms with Gasteiger partial charge in [-0.2, -0.15) is 0 Å². The van der Waals surface area contributed by atoms with Gasteiger partial charge in [-0.25, -0.2) is 9.59 Å². The van der Waals surface area contributed by atoms with Gasteiger partial charge in [-0.15, -0.1) is 0 Å². The molecular weight excluding hydrogens is 312 g/mol. The third-order valence-electron chi connectivity index (χ3n) is 3.35. The van der Waals surface area contributed by atoms with Crippen molar-refractivity contribution in [3.05, 3.63) is 41.6 Å². The van der Waals surface area contributed by atoms with Crippen LogP contribution in [0.3, 0.4) is 0 Å². The average Bonchev–Trinajstić information content (AvgIpc) is 2.51. The van der Waals surface area contributed by atoms with Crippen LogP contribution in [0.15, 0.2) is 36.0 Å². The van der Waals surface area contributed by atoms with Crippen molar-refractivity contribution in [1.29, 1.82) is 0 Å². The van der Waals surface area contributed by atoms with Crippen LogP contribution in [0.1, 0.15) is 25.8 Å². The van der Waals surface area contributed by atoms with Crippen LogP contribution in [0.4, 0.5) is 5.69 Å². The second kappa shape index (κ2) is 7.16. The highest BCUT2D eigenvalue weighted by Gasteiger charge is 2.38. The molecule has 0 spiro atoms. The number of hydrogen-bond donors (Lipinski definition) is 2. The Hall–Kier alpha value is -2.83. The van der Waals surface area contributed by atoms with Crippen LogP contribution in [0.25, 0.3) is 0 Å². The van der Waals surface area contributed by atoms with E-state index < -0.39 is 17.7 Å². The van der Waals surface area contributed by atoms with Crippen LogP contribution < -0.4 is 10.6 Å². The molecule has 1 heterocycles. The Morgan fingerprint density at radius 1 is 1.21 bits per heavy atom. The van der Waals surface area contributed by atoms with Crippen LogP contribution >= 0.6 is 0 Å². The summed E-state index contributed by atoms with van der Waals surface area (Å²) in [6, 6.07) is 7.33. The van der Waals surface area contributed by atoms with Crippen LogP contribution in [0.2, 0.25) is 0 Å². The maximum atomic E-state index is 11.8. The van der Waals surface area contributed by atoms with Gasteiger partial charge in [0.1, 0.15) is 0 Å². The lowest BCUT2D eigenvalue weighted by atomic mass is 10.1. The Morgan fingerprint density at radius 3 is 2.50 bits per heavy atom. The molecule has 1 aromatic rings. The zero-order valence-electron chi connectivity index (χ0n) is 13.8. The lowest BCUT2D eigenvalue weighted by molar-refractivity contribution is -0.222. The predicted octanol–water partition coefficient (Wildman–Crippen LogP) is 1.50. The number of anilines is 1. The lowest BCUT2D eigenvalue weighted by Crippen LogP contribution is -2.42. The summed E-state index contributed by atoms with van der Waals surface area (Å²) in [6.45, 7) is 2.98. The highest BCUT2D eigenvalue weighted by atomic mass is 16.7. The summed E-state index contributed by atoms with van der Waals surface area (Å²) in [7, 11) is 1.59. The Labute approximate surface area is 140 Å². The van der Waals surface area contributed by atoms with Gasteiger partial charge in [-0.05, 0) is 24.1 Å². The van der Waals surface area contributed by atoms with Gasteiger partial charge < -0.3 is 20.1 Å². The van der Waals surface area contributed by atoms with Gasteiger partial charge in [0.05, 0.1) is 0 Å². The predicted molar refractivity (Wildman–Crippen MR) is 86.8 cm³/mol. The molecule has 0 aromatic heterocycles. The zero-order valence-corrected chi connectivity index (χ0v) is 13.8. The lowest BCUT2D eigenvalue weighted by Gasteiger charge is -2.29. The first-order valence-electron chi connectivity index (χ1n) is 7.53. The maximum Gasteiger partial charge on any atom is 0.350 e. The molecule has 7 nitrogen and oxygen atoms in total. The number of cyclic esters (lactones) is 2. The second-order valence-corrected chi connectivity index (χ2v) is 5.75. The number of ether oxygens (including phenoxy) is 2. The number of aryl methyl sites for hydroxylation is 1. The number of benzene rings is 1. The first-order chi connectivity index (χ1) is 11.3. The molecule has 0 atom stereocenters. The molecule has 2 rings (SSSR count). The zero-order chi connectivity index (χ0) is 17.7. The normalized spacial score (nSPS) is 16.0. The van der Waals surface area contributed by atoms with E-state index in [1.807, 2.05) is 18.2 Å². The van der Waals surface area contributed by atoms with Crippen molar-refractivity contribution < 1.29 is 23.9 Å². The van der Waals surface area contributed by atoms with E-state index in [0.717, 1.165) is 5.56 Å². The summed E-state index contributed by atoms with van der Waals surface area (Å²) >= 11 is 0. The molecule has 0 unspecified atom stereocenters. The van der Waals surface area contributed by atoms with Crippen LogP contribution in [0, 0.1) is 0 Å². The van der Waals surface area contributed by atoms with Crippen molar-refractivity contribution >= 4 is 23.5 Å². The summed E-state index contributed by atoms with van der Waals surface area (Å²) < 4.78 is 10.0. The molecule has 2 N–H and O–H groups in total. The van der Waals surface area contributed by atoms with Crippen LogP contribution in [-0.4, -0.2) is 30.7 Å². The summed E-state index contributed by atoms with van der Waals surface area (Å²) in [5.74, 6) is -2.77. The fourth-order valence-electron chi connectivity index (χ4n) is 2.13. The van der Waals surface area contributed by atoms with E-state index in [1.54, 1.807) is 13.1 Å². The molecule has 1 aliphatic heterocycles. The number of esters is 2. The third-order valence-corrected chi connectivity index (χ3v) is 3.35. The Bertz CT molecular complexity index is 672. The Morgan fingerprint density at radius 2 is 1.88 bits per heavy atom. The molecule has 1 fully saturated rings. The van der Waals surface area contributed by atoms with Gasteiger partial charge in [0.15, 0.2) is 5.57 Å². The third kappa shape index (κ3) is 4.58. The first-order valence-corrected chi connectivity index (χ1v) is 7.53. The average molecular weight is 332 g/mol.